The summed E-state index contributed by atoms with van der Waals surface area (Å²) in [5.74, 6) is 0.926. The van der Waals surface area contributed by atoms with E-state index in [1.807, 2.05) is 23.9 Å². The summed E-state index contributed by atoms with van der Waals surface area (Å²) in [5.41, 5.74) is 2.60. The number of urea groups is 1. The molecular weight excluding hydrogens is 260 g/mol. The number of thioether (sulfide) groups is 1. The Balaban J connectivity index is 1.82. The molecule has 19 heavy (non-hydrogen) atoms. The molecule has 2 atom stereocenters. The number of fused-ring (bicyclic) bond motifs is 1. The molecule has 5 heteroatoms. The van der Waals surface area contributed by atoms with E-state index in [0.29, 0.717) is 6.54 Å². The van der Waals surface area contributed by atoms with Crippen LogP contribution in [0.4, 0.5) is 4.79 Å². The summed E-state index contributed by atoms with van der Waals surface area (Å²) < 4.78 is 0. The second-order valence-corrected chi connectivity index (χ2v) is 6.24. The molecular formula is C14H16N2O2S. The van der Waals surface area contributed by atoms with Gasteiger partial charge in [-0.3, -0.25) is 9.69 Å². The van der Waals surface area contributed by atoms with Crippen molar-refractivity contribution >= 4 is 23.7 Å². The van der Waals surface area contributed by atoms with Crippen LogP contribution in [0, 0.1) is 0 Å². The van der Waals surface area contributed by atoms with Gasteiger partial charge >= 0.3 is 6.03 Å². The third kappa shape index (κ3) is 2.23. The van der Waals surface area contributed by atoms with E-state index in [1.54, 1.807) is 6.92 Å². The molecule has 2 aliphatic heterocycles. The van der Waals surface area contributed by atoms with Crippen LogP contribution >= 0.6 is 11.8 Å². The van der Waals surface area contributed by atoms with Gasteiger partial charge in [0.1, 0.15) is 6.04 Å². The molecule has 3 amide bonds. The van der Waals surface area contributed by atoms with Crippen molar-refractivity contribution in [2.75, 3.05) is 12.3 Å². The number of aryl methyl sites for hydroxylation is 1. The summed E-state index contributed by atoms with van der Waals surface area (Å²) >= 11 is 1.82. The van der Waals surface area contributed by atoms with Crippen molar-refractivity contribution in [1.29, 1.82) is 0 Å². The molecule has 0 saturated carbocycles. The van der Waals surface area contributed by atoms with E-state index >= 15 is 0 Å². The van der Waals surface area contributed by atoms with Gasteiger partial charge in [-0.1, -0.05) is 24.3 Å². The lowest BCUT2D eigenvalue weighted by molar-refractivity contribution is -0.127. The normalized spacial score (nSPS) is 26.3. The monoisotopic (exact) mass is 276 g/mol. The van der Waals surface area contributed by atoms with E-state index in [2.05, 4.69) is 17.4 Å². The number of hydrogen-bond donors (Lipinski definition) is 1. The highest BCUT2D eigenvalue weighted by atomic mass is 32.2. The fraction of sp³-hybridized carbons (Fsp3) is 0.429. The molecule has 3 rings (SSSR count). The number of carbonyl (C=O) groups is 2. The smallest absolute Gasteiger partial charge is 0.324 e. The fourth-order valence-corrected chi connectivity index (χ4v) is 3.91. The Morgan fingerprint density at radius 1 is 1.37 bits per heavy atom. The van der Waals surface area contributed by atoms with Gasteiger partial charge in [0.2, 0.25) is 0 Å². The summed E-state index contributed by atoms with van der Waals surface area (Å²) in [4.78, 5) is 25.1. The average Bonchev–Trinajstić information content (AvgIpc) is 2.66. The summed E-state index contributed by atoms with van der Waals surface area (Å²) in [6.07, 6.45) is 1.06. The Morgan fingerprint density at radius 2 is 2.16 bits per heavy atom. The van der Waals surface area contributed by atoms with Crippen LogP contribution in [0.25, 0.3) is 0 Å². The van der Waals surface area contributed by atoms with E-state index in [-0.39, 0.29) is 17.2 Å². The Labute approximate surface area is 116 Å². The van der Waals surface area contributed by atoms with Crippen molar-refractivity contribution in [2.45, 2.75) is 24.6 Å². The lowest BCUT2D eigenvalue weighted by atomic mass is 10.0. The molecule has 1 aromatic rings. The largest absolute Gasteiger partial charge is 0.326 e. The minimum absolute atomic E-state index is 0.117. The Morgan fingerprint density at radius 3 is 2.89 bits per heavy atom. The SMILES string of the molecule is C[C@H]1NC(=O)N(C[C@H]2SCCc3ccccc32)C1=O. The van der Waals surface area contributed by atoms with Crippen LogP contribution in [-0.2, 0) is 11.2 Å². The number of hydrogen-bond acceptors (Lipinski definition) is 3. The molecule has 2 heterocycles. The third-order valence-corrected chi connectivity index (χ3v) is 4.91. The van der Waals surface area contributed by atoms with E-state index in [1.165, 1.54) is 16.0 Å². The second-order valence-electron chi connectivity index (χ2n) is 4.93. The molecule has 0 bridgehead atoms. The first-order valence-electron chi connectivity index (χ1n) is 6.48. The molecule has 1 N–H and O–H groups in total. The third-order valence-electron chi connectivity index (χ3n) is 3.66. The molecule has 4 nitrogen and oxygen atoms in total. The molecule has 2 aliphatic rings. The van der Waals surface area contributed by atoms with Crippen LogP contribution in [0.5, 0.6) is 0 Å². The zero-order chi connectivity index (χ0) is 13.4. The van der Waals surface area contributed by atoms with Crippen molar-refractivity contribution in [3.05, 3.63) is 35.4 Å². The van der Waals surface area contributed by atoms with Crippen LogP contribution in [-0.4, -0.2) is 35.2 Å². The van der Waals surface area contributed by atoms with Gasteiger partial charge in [-0.15, -0.1) is 0 Å². The van der Waals surface area contributed by atoms with E-state index < -0.39 is 6.04 Å². The number of benzene rings is 1. The molecule has 0 unspecified atom stereocenters. The zero-order valence-corrected chi connectivity index (χ0v) is 11.6. The van der Waals surface area contributed by atoms with Crippen LogP contribution in [0.1, 0.15) is 23.3 Å². The Bertz CT molecular complexity index is 532. The van der Waals surface area contributed by atoms with Crippen LogP contribution in [0.2, 0.25) is 0 Å². The molecule has 100 valence electrons. The van der Waals surface area contributed by atoms with Gasteiger partial charge in [0, 0.05) is 11.8 Å². The van der Waals surface area contributed by atoms with Gasteiger partial charge in [-0.25, -0.2) is 4.79 Å². The highest BCUT2D eigenvalue weighted by Crippen LogP contribution is 2.37. The van der Waals surface area contributed by atoms with Crippen molar-refractivity contribution in [3.8, 4) is 0 Å². The standard InChI is InChI=1S/C14H16N2O2S/c1-9-13(17)16(14(18)15-9)8-12-11-5-3-2-4-10(11)6-7-19-12/h2-5,9,12H,6-8H2,1H3,(H,15,18)/t9-,12-/m1/s1. The maximum absolute atomic E-state index is 11.9. The predicted molar refractivity (Wildman–Crippen MR) is 75.1 cm³/mol. The molecule has 0 aliphatic carbocycles. The second kappa shape index (κ2) is 4.89. The first-order chi connectivity index (χ1) is 9.16. The van der Waals surface area contributed by atoms with E-state index in [0.717, 1.165) is 12.2 Å². The maximum Gasteiger partial charge on any atom is 0.324 e. The summed E-state index contributed by atoms with van der Waals surface area (Å²) in [5, 5.41) is 2.86. The minimum Gasteiger partial charge on any atom is -0.326 e. The van der Waals surface area contributed by atoms with Crippen LogP contribution < -0.4 is 5.32 Å². The molecule has 1 fully saturated rings. The number of amides is 3. The highest BCUT2D eigenvalue weighted by molar-refractivity contribution is 7.99. The summed E-state index contributed by atoms with van der Waals surface area (Å²) in [6, 6.07) is 7.65. The summed E-state index contributed by atoms with van der Waals surface area (Å²) in [6.45, 7) is 2.19. The van der Waals surface area contributed by atoms with Gasteiger partial charge in [0.25, 0.3) is 5.91 Å². The quantitative estimate of drug-likeness (QED) is 0.840. The lowest BCUT2D eigenvalue weighted by Crippen LogP contribution is -2.35. The van der Waals surface area contributed by atoms with Crippen LogP contribution in [0.15, 0.2) is 24.3 Å². The molecule has 0 aromatic heterocycles. The van der Waals surface area contributed by atoms with Gasteiger partial charge in [-0.2, -0.15) is 11.8 Å². The molecule has 1 aromatic carbocycles. The van der Waals surface area contributed by atoms with Gasteiger partial charge < -0.3 is 5.32 Å². The zero-order valence-electron chi connectivity index (χ0n) is 10.8. The minimum atomic E-state index is -0.392. The van der Waals surface area contributed by atoms with Crippen molar-refractivity contribution < 1.29 is 9.59 Å². The Hall–Kier alpha value is -1.49. The fourth-order valence-electron chi connectivity index (χ4n) is 2.63. The first kappa shape index (κ1) is 12.5. The highest BCUT2D eigenvalue weighted by Gasteiger charge is 2.37. The molecule has 0 spiro atoms. The number of imide groups is 1. The first-order valence-corrected chi connectivity index (χ1v) is 7.53. The van der Waals surface area contributed by atoms with Gasteiger partial charge in [0.05, 0.1) is 0 Å². The summed E-state index contributed by atoms with van der Waals surface area (Å²) in [7, 11) is 0. The topological polar surface area (TPSA) is 49.4 Å². The molecule has 1 saturated heterocycles. The molecule has 0 radical (unpaired) electrons. The predicted octanol–water partition coefficient (Wildman–Crippen LogP) is 1.96. The van der Waals surface area contributed by atoms with Gasteiger partial charge in [-0.05, 0) is 30.2 Å². The van der Waals surface area contributed by atoms with Crippen LogP contribution in [0.3, 0.4) is 0 Å². The van der Waals surface area contributed by atoms with Crippen molar-refractivity contribution in [1.82, 2.24) is 10.2 Å². The number of carbonyl (C=O) groups excluding carboxylic acids is 2. The van der Waals surface area contributed by atoms with Crippen molar-refractivity contribution in [2.24, 2.45) is 0 Å². The lowest BCUT2D eigenvalue weighted by Gasteiger charge is -2.27. The Kier molecular flexibility index (Phi) is 3.22. The van der Waals surface area contributed by atoms with E-state index in [9.17, 15) is 9.59 Å². The van der Waals surface area contributed by atoms with E-state index in [4.69, 9.17) is 0 Å². The van der Waals surface area contributed by atoms with Gasteiger partial charge in [0.15, 0.2) is 0 Å². The number of rotatable bonds is 2. The average molecular weight is 276 g/mol. The maximum atomic E-state index is 11.9. The number of nitrogens with zero attached hydrogens (tertiary/aromatic N) is 1. The number of nitrogens with one attached hydrogen (secondary N) is 1. The van der Waals surface area contributed by atoms with Crippen molar-refractivity contribution in [3.63, 3.8) is 0 Å².